The van der Waals surface area contributed by atoms with Gasteiger partial charge >= 0.3 is 0 Å². The van der Waals surface area contributed by atoms with Crippen LogP contribution in [0.4, 0.5) is 0 Å². The molecule has 0 saturated carbocycles. The van der Waals surface area contributed by atoms with E-state index in [1.807, 2.05) is 20.8 Å². The Kier molecular flexibility index (Phi) is 8.16. The van der Waals surface area contributed by atoms with Crippen molar-refractivity contribution >= 4 is 11.9 Å². The second-order valence-corrected chi connectivity index (χ2v) is 5.29. The summed E-state index contributed by atoms with van der Waals surface area (Å²) in [6.07, 6.45) is 2.28. The molecule has 18 heavy (non-hydrogen) atoms. The fourth-order valence-electron chi connectivity index (χ4n) is 1.23. The lowest BCUT2D eigenvalue weighted by Crippen LogP contribution is -2.43. The van der Waals surface area contributed by atoms with Crippen molar-refractivity contribution in [1.29, 1.82) is 0 Å². The van der Waals surface area contributed by atoms with Crippen LogP contribution in [0.15, 0.2) is 4.99 Å². The quantitative estimate of drug-likeness (QED) is 0.379. The fourth-order valence-corrected chi connectivity index (χ4v) is 1.23. The molecule has 0 rings (SSSR count). The highest BCUT2D eigenvalue weighted by atomic mass is 16.2. The number of guanidine groups is 1. The first-order valence-corrected chi connectivity index (χ1v) is 6.64. The van der Waals surface area contributed by atoms with Crippen molar-refractivity contribution < 1.29 is 4.79 Å². The van der Waals surface area contributed by atoms with Crippen molar-refractivity contribution in [2.45, 2.75) is 40.5 Å². The van der Waals surface area contributed by atoms with Gasteiger partial charge in [-0.2, -0.15) is 0 Å². The second kappa shape index (κ2) is 8.78. The molecule has 0 aliphatic rings. The fraction of sp³-hybridized carbons (Fsp3) is 0.846. The zero-order chi connectivity index (χ0) is 14.0. The number of aliphatic imine (C=N–C) groups is 1. The molecule has 0 aromatic carbocycles. The van der Waals surface area contributed by atoms with E-state index >= 15 is 0 Å². The zero-order valence-corrected chi connectivity index (χ0v) is 12.4. The highest BCUT2D eigenvalue weighted by molar-refractivity contribution is 5.81. The van der Waals surface area contributed by atoms with E-state index in [0.717, 1.165) is 25.3 Å². The van der Waals surface area contributed by atoms with E-state index < -0.39 is 0 Å². The largest absolute Gasteiger partial charge is 0.356 e. The molecule has 0 aliphatic heterocycles. The summed E-state index contributed by atoms with van der Waals surface area (Å²) in [5, 5.41) is 9.26. The van der Waals surface area contributed by atoms with Crippen LogP contribution in [0, 0.1) is 5.41 Å². The van der Waals surface area contributed by atoms with Gasteiger partial charge in [-0.3, -0.25) is 9.79 Å². The smallest absolute Gasteiger partial charge is 0.225 e. The Hall–Kier alpha value is -1.26. The number of nitrogens with one attached hydrogen (secondary N) is 3. The van der Waals surface area contributed by atoms with Gasteiger partial charge in [-0.15, -0.1) is 0 Å². The molecule has 0 aromatic rings. The lowest BCUT2D eigenvalue weighted by Gasteiger charge is -2.18. The number of hydrogen-bond donors (Lipinski definition) is 3. The molecule has 0 fully saturated rings. The summed E-state index contributed by atoms with van der Waals surface area (Å²) >= 11 is 0. The summed E-state index contributed by atoms with van der Waals surface area (Å²) < 4.78 is 0. The van der Waals surface area contributed by atoms with Crippen LogP contribution in [0.2, 0.25) is 0 Å². The molecule has 5 heteroatoms. The standard InChI is InChI=1S/C13H28N4O/c1-6-7-8-16-12(14-5)17-10-9-15-11(18)13(2,3)4/h6-10H2,1-5H3,(H,15,18)(H2,14,16,17). The number of carbonyl (C=O) groups is 1. The van der Waals surface area contributed by atoms with Crippen molar-refractivity contribution in [1.82, 2.24) is 16.0 Å². The third kappa shape index (κ3) is 7.92. The Balaban J connectivity index is 3.73. The predicted molar refractivity (Wildman–Crippen MR) is 76.7 cm³/mol. The van der Waals surface area contributed by atoms with Gasteiger partial charge < -0.3 is 16.0 Å². The number of carbonyl (C=O) groups excluding carboxylic acids is 1. The highest BCUT2D eigenvalue weighted by Crippen LogP contribution is 2.11. The van der Waals surface area contributed by atoms with E-state index in [0.29, 0.717) is 13.1 Å². The summed E-state index contributed by atoms with van der Waals surface area (Å²) in [5.41, 5.74) is -0.332. The Bertz CT molecular complexity index is 269. The molecule has 0 aliphatic carbocycles. The van der Waals surface area contributed by atoms with Gasteiger partial charge in [0.15, 0.2) is 5.96 Å². The van der Waals surface area contributed by atoms with Crippen LogP contribution < -0.4 is 16.0 Å². The lowest BCUT2D eigenvalue weighted by atomic mass is 9.96. The van der Waals surface area contributed by atoms with E-state index in [1.54, 1.807) is 7.05 Å². The average Bonchev–Trinajstić information content (AvgIpc) is 2.30. The minimum atomic E-state index is -0.332. The second-order valence-electron chi connectivity index (χ2n) is 5.29. The summed E-state index contributed by atoms with van der Waals surface area (Å²) in [7, 11) is 1.75. The number of unbranched alkanes of at least 4 members (excludes halogenated alkanes) is 1. The molecule has 0 spiro atoms. The average molecular weight is 256 g/mol. The van der Waals surface area contributed by atoms with Crippen molar-refractivity contribution in [3.05, 3.63) is 0 Å². The third-order valence-corrected chi connectivity index (χ3v) is 2.43. The predicted octanol–water partition coefficient (Wildman–Crippen LogP) is 1.11. The maximum absolute atomic E-state index is 11.6. The molecule has 0 atom stereocenters. The van der Waals surface area contributed by atoms with Gasteiger partial charge in [0.25, 0.3) is 0 Å². The minimum Gasteiger partial charge on any atom is -0.356 e. The zero-order valence-electron chi connectivity index (χ0n) is 12.4. The SMILES string of the molecule is CCCCNC(=NC)NCCNC(=O)C(C)(C)C. The summed E-state index contributed by atoms with van der Waals surface area (Å²) in [6.45, 7) is 10.1. The van der Waals surface area contributed by atoms with Gasteiger partial charge in [-0.1, -0.05) is 34.1 Å². The first kappa shape index (κ1) is 16.7. The maximum Gasteiger partial charge on any atom is 0.225 e. The molecule has 0 unspecified atom stereocenters. The van der Waals surface area contributed by atoms with E-state index in [9.17, 15) is 4.79 Å². The molecule has 106 valence electrons. The van der Waals surface area contributed by atoms with Crippen molar-refractivity contribution in [3.63, 3.8) is 0 Å². The van der Waals surface area contributed by atoms with Gasteiger partial charge in [0, 0.05) is 32.1 Å². The van der Waals surface area contributed by atoms with Gasteiger partial charge in [0.05, 0.1) is 0 Å². The number of rotatable bonds is 6. The van der Waals surface area contributed by atoms with E-state index in [1.165, 1.54) is 0 Å². The Morgan fingerprint density at radius 1 is 1.06 bits per heavy atom. The summed E-state index contributed by atoms with van der Waals surface area (Å²) in [5.74, 6) is 0.853. The molecule has 0 radical (unpaired) electrons. The molecule has 1 amide bonds. The molecule has 5 nitrogen and oxygen atoms in total. The molecular formula is C13H28N4O. The first-order chi connectivity index (χ1) is 8.41. The summed E-state index contributed by atoms with van der Waals surface area (Å²) in [6, 6.07) is 0. The number of nitrogens with zero attached hydrogens (tertiary/aromatic N) is 1. The van der Waals surface area contributed by atoms with Gasteiger partial charge in [0.2, 0.25) is 5.91 Å². The molecule has 0 aromatic heterocycles. The Morgan fingerprint density at radius 3 is 2.11 bits per heavy atom. The van der Waals surface area contributed by atoms with Crippen molar-refractivity contribution in [2.24, 2.45) is 10.4 Å². The minimum absolute atomic E-state index is 0.0678. The maximum atomic E-state index is 11.6. The van der Waals surface area contributed by atoms with Crippen LogP contribution in [0.1, 0.15) is 40.5 Å². The first-order valence-electron chi connectivity index (χ1n) is 6.64. The van der Waals surface area contributed by atoms with E-state index in [4.69, 9.17) is 0 Å². The third-order valence-electron chi connectivity index (χ3n) is 2.43. The van der Waals surface area contributed by atoms with Gasteiger partial charge in [-0.05, 0) is 6.42 Å². The Labute approximate surface area is 111 Å². The van der Waals surface area contributed by atoms with Crippen LogP contribution in [-0.4, -0.2) is 38.5 Å². The Morgan fingerprint density at radius 2 is 1.61 bits per heavy atom. The number of amides is 1. The van der Waals surface area contributed by atoms with Crippen LogP contribution in [0.25, 0.3) is 0 Å². The van der Waals surface area contributed by atoms with Gasteiger partial charge in [0.1, 0.15) is 0 Å². The number of hydrogen-bond acceptors (Lipinski definition) is 2. The molecule has 0 heterocycles. The van der Waals surface area contributed by atoms with Crippen LogP contribution in [0.5, 0.6) is 0 Å². The monoisotopic (exact) mass is 256 g/mol. The molecular weight excluding hydrogens is 228 g/mol. The normalized spacial score (nSPS) is 12.2. The van der Waals surface area contributed by atoms with Crippen molar-refractivity contribution in [3.8, 4) is 0 Å². The van der Waals surface area contributed by atoms with E-state index in [2.05, 4.69) is 27.9 Å². The molecule has 3 N–H and O–H groups in total. The van der Waals surface area contributed by atoms with Crippen LogP contribution in [0.3, 0.4) is 0 Å². The molecule has 0 bridgehead atoms. The summed E-state index contributed by atoms with van der Waals surface area (Å²) in [4.78, 5) is 15.7. The topological polar surface area (TPSA) is 65.5 Å². The van der Waals surface area contributed by atoms with Crippen LogP contribution >= 0.6 is 0 Å². The molecule has 0 saturated heterocycles. The highest BCUT2D eigenvalue weighted by Gasteiger charge is 2.20. The van der Waals surface area contributed by atoms with Crippen LogP contribution in [-0.2, 0) is 4.79 Å². The van der Waals surface area contributed by atoms with E-state index in [-0.39, 0.29) is 11.3 Å². The lowest BCUT2D eigenvalue weighted by molar-refractivity contribution is -0.128. The van der Waals surface area contributed by atoms with Crippen molar-refractivity contribution in [2.75, 3.05) is 26.7 Å². The van der Waals surface area contributed by atoms with Gasteiger partial charge in [-0.25, -0.2) is 0 Å².